The number of hydrogen-bond donors (Lipinski definition) is 0. The second kappa shape index (κ2) is 5.52. The van der Waals surface area contributed by atoms with Crippen molar-refractivity contribution in [3.8, 4) is 0 Å². The molecule has 0 radical (unpaired) electrons. The predicted molar refractivity (Wildman–Crippen MR) is 77.1 cm³/mol. The number of likely N-dealkylation sites (tertiary alicyclic amines) is 1. The van der Waals surface area contributed by atoms with Crippen LogP contribution in [0.5, 0.6) is 0 Å². The third-order valence-electron chi connectivity index (χ3n) is 4.30. The first-order valence-corrected chi connectivity index (χ1v) is 7.42. The summed E-state index contributed by atoms with van der Waals surface area (Å²) in [6.45, 7) is 1.99. The van der Waals surface area contributed by atoms with Crippen LogP contribution in [0.2, 0.25) is 0 Å². The van der Waals surface area contributed by atoms with Gasteiger partial charge in [-0.2, -0.15) is 0 Å². The van der Waals surface area contributed by atoms with Crippen molar-refractivity contribution >= 4 is 11.6 Å². The van der Waals surface area contributed by atoms with E-state index in [-0.39, 0.29) is 23.7 Å². The lowest BCUT2D eigenvalue weighted by Crippen LogP contribution is -2.47. The van der Waals surface area contributed by atoms with E-state index in [1.54, 1.807) is 6.07 Å². The van der Waals surface area contributed by atoms with Gasteiger partial charge < -0.3 is 9.80 Å². The number of halogens is 1. The van der Waals surface area contributed by atoms with Gasteiger partial charge in [-0.15, -0.1) is 0 Å². The molecule has 2 aliphatic rings. The van der Waals surface area contributed by atoms with Crippen LogP contribution >= 0.6 is 0 Å². The zero-order chi connectivity index (χ0) is 14.1. The zero-order valence-electron chi connectivity index (χ0n) is 11.9. The van der Waals surface area contributed by atoms with Gasteiger partial charge in [0.15, 0.2) is 0 Å². The molecule has 3 rings (SSSR count). The van der Waals surface area contributed by atoms with Gasteiger partial charge in [0.25, 0.3) is 0 Å². The molecule has 108 valence electrons. The molecule has 1 amide bonds. The average Bonchev–Trinajstić information content (AvgIpc) is 3.26. The summed E-state index contributed by atoms with van der Waals surface area (Å²) in [7, 11) is 2.10. The third-order valence-corrected chi connectivity index (χ3v) is 4.30. The van der Waals surface area contributed by atoms with Crippen molar-refractivity contribution in [1.82, 2.24) is 4.90 Å². The first-order valence-electron chi connectivity index (χ1n) is 7.42. The van der Waals surface area contributed by atoms with Crippen LogP contribution < -0.4 is 4.90 Å². The fraction of sp³-hybridized carbons (Fsp3) is 0.562. The molecule has 1 saturated carbocycles. The minimum atomic E-state index is -0.274. The van der Waals surface area contributed by atoms with E-state index in [0.29, 0.717) is 0 Å². The van der Waals surface area contributed by atoms with E-state index in [1.807, 2.05) is 11.0 Å². The van der Waals surface area contributed by atoms with Crippen LogP contribution in [-0.2, 0) is 4.79 Å². The van der Waals surface area contributed by atoms with E-state index in [0.717, 1.165) is 44.5 Å². The maximum atomic E-state index is 13.5. The molecule has 1 heterocycles. The van der Waals surface area contributed by atoms with Crippen LogP contribution in [0.3, 0.4) is 0 Å². The average molecular weight is 276 g/mol. The molecule has 0 atom stereocenters. The summed E-state index contributed by atoms with van der Waals surface area (Å²) in [5, 5.41) is 0. The number of amides is 1. The van der Waals surface area contributed by atoms with Gasteiger partial charge in [-0.05, 0) is 64.0 Å². The molecule has 1 aromatic rings. The fourth-order valence-electron chi connectivity index (χ4n) is 2.92. The Bertz CT molecular complexity index is 493. The van der Waals surface area contributed by atoms with Crippen LogP contribution in [0.1, 0.15) is 25.7 Å². The first-order chi connectivity index (χ1) is 9.65. The van der Waals surface area contributed by atoms with Gasteiger partial charge in [-0.25, -0.2) is 4.39 Å². The molecule has 1 aliphatic carbocycles. The monoisotopic (exact) mass is 276 g/mol. The van der Waals surface area contributed by atoms with Crippen LogP contribution in [-0.4, -0.2) is 37.0 Å². The molecule has 0 bridgehead atoms. The van der Waals surface area contributed by atoms with Crippen molar-refractivity contribution in [3.63, 3.8) is 0 Å². The number of carbonyl (C=O) groups is 1. The summed E-state index contributed by atoms with van der Waals surface area (Å²) in [5.74, 6) is 0.0760. The second-order valence-corrected chi connectivity index (χ2v) is 6.00. The Balaban J connectivity index is 1.85. The number of nitrogens with zero attached hydrogens (tertiary/aromatic N) is 2. The Morgan fingerprint density at radius 2 is 1.95 bits per heavy atom. The molecule has 0 spiro atoms. The van der Waals surface area contributed by atoms with Crippen LogP contribution in [0, 0.1) is 11.7 Å². The van der Waals surface area contributed by atoms with E-state index in [2.05, 4.69) is 11.9 Å². The van der Waals surface area contributed by atoms with Crippen molar-refractivity contribution in [2.24, 2.45) is 5.92 Å². The summed E-state index contributed by atoms with van der Waals surface area (Å²) in [4.78, 5) is 16.7. The highest BCUT2D eigenvalue weighted by molar-refractivity contribution is 5.97. The molecule has 4 heteroatoms. The Morgan fingerprint density at radius 3 is 2.55 bits per heavy atom. The molecule has 0 N–H and O–H groups in total. The van der Waals surface area contributed by atoms with Crippen LogP contribution in [0.25, 0.3) is 0 Å². The lowest BCUT2D eigenvalue weighted by atomic mass is 10.0. The van der Waals surface area contributed by atoms with Gasteiger partial charge in [0.05, 0.1) is 0 Å². The van der Waals surface area contributed by atoms with Crippen molar-refractivity contribution in [1.29, 1.82) is 0 Å². The summed E-state index contributed by atoms with van der Waals surface area (Å²) in [6, 6.07) is 6.66. The minimum absolute atomic E-state index is 0.165. The standard InChI is InChI=1S/C16H21FN2O/c1-18-9-7-14(8-10-18)19(16(20)12-5-6-12)15-4-2-3-13(17)11-15/h2-4,11-12,14H,5-10H2,1H3. The normalized spacial score (nSPS) is 20.9. The lowest BCUT2D eigenvalue weighted by Gasteiger charge is -2.37. The van der Waals surface area contributed by atoms with Gasteiger partial charge in [0.1, 0.15) is 5.82 Å². The van der Waals surface area contributed by atoms with Gasteiger partial charge in [-0.1, -0.05) is 6.07 Å². The van der Waals surface area contributed by atoms with Crippen molar-refractivity contribution < 1.29 is 9.18 Å². The first kappa shape index (κ1) is 13.6. The Hall–Kier alpha value is -1.42. The highest BCUT2D eigenvalue weighted by atomic mass is 19.1. The number of piperidine rings is 1. The molecule has 0 unspecified atom stereocenters. The SMILES string of the molecule is CN1CCC(N(C(=O)C2CC2)c2cccc(F)c2)CC1. The van der Waals surface area contributed by atoms with Crippen LogP contribution in [0.4, 0.5) is 10.1 Å². The maximum absolute atomic E-state index is 13.5. The number of rotatable bonds is 3. The van der Waals surface area contributed by atoms with E-state index in [9.17, 15) is 9.18 Å². The highest BCUT2D eigenvalue weighted by Crippen LogP contribution is 2.35. The second-order valence-electron chi connectivity index (χ2n) is 6.00. The van der Waals surface area contributed by atoms with Crippen LogP contribution in [0.15, 0.2) is 24.3 Å². The third kappa shape index (κ3) is 2.85. The Morgan fingerprint density at radius 1 is 1.25 bits per heavy atom. The Kier molecular flexibility index (Phi) is 3.74. The van der Waals surface area contributed by atoms with Crippen molar-refractivity contribution in [2.75, 3.05) is 25.0 Å². The number of benzene rings is 1. The molecule has 20 heavy (non-hydrogen) atoms. The lowest BCUT2D eigenvalue weighted by molar-refractivity contribution is -0.120. The van der Waals surface area contributed by atoms with Gasteiger partial charge in [0, 0.05) is 17.6 Å². The molecule has 0 aromatic heterocycles. The van der Waals surface area contributed by atoms with E-state index in [4.69, 9.17) is 0 Å². The number of hydrogen-bond acceptors (Lipinski definition) is 2. The summed E-state index contributed by atoms with van der Waals surface area (Å²) in [5.41, 5.74) is 0.719. The molecule has 2 fully saturated rings. The van der Waals surface area contributed by atoms with E-state index < -0.39 is 0 Å². The molecular weight excluding hydrogens is 255 g/mol. The molecule has 1 saturated heterocycles. The summed E-state index contributed by atoms with van der Waals surface area (Å²) in [6.07, 6.45) is 3.89. The molecule has 1 aromatic carbocycles. The molecule has 1 aliphatic heterocycles. The smallest absolute Gasteiger partial charge is 0.230 e. The summed E-state index contributed by atoms with van der Waals surface area (Å²) < 4.78 is 13.5. The van der Waals surface area contributed by atoms with Gasteiger partial charge in [-0.3, -0.25) is 4.79 Å². The maximum Gasteiger partial charge on any atom is 0.230 e. The highest BCUT2D eigenvalue weighted by Gasteiger charge is 2.37. The topological polar surface area (TPSA) is 23.6 Å². The summed E-state index contributed by atoms with van der Waals surface area (Å²) >= 11 is 0. The fourth-order valence-corrected chi connectivity index (χ4v) is 2.92. The van der Waals surface area contributed by atoms with Gasteiger partial charge in [0.2, 0.25) is 5.91 Å². The molecular formula is C16H21FN2O. The Labute approximate surface area is 119 Å². The minimum Gasteiger partial charge on any atom is -0.309 e. The predicted octanol–water partition coefficient (Wildman–Crippen LogP) is 2.66. The van der Waals surface area contributed by atoms with E-state index in [1.165, 1.54) is 12.1 Å². The molecule has 3 nitrogen and oxygen atoms in total. The quantitative estimate of drug-likeness (QED) is 0.847. The zero-order valence-corrected chi connectivity index (χ0v) is 11.9. The van der Waals surface area contributed by atoms with Crippen molar-refractivity contribution in [3.05, 3.63) is 30.1 Å². The van der Waals surface area contributed by atoms with Gasteiger partial charge >= 0.3 is 0 Å². The van der Waals surface area contributed by atoms with Crippen molar-refractivity contribution in [2.45, 2.75) is 31.7 Å². The van der Waals surface area contributed by atoms with E-state index >= 15 is 0 Å². The number of anilines is 1. The largest absolute Gasteiger partial charge is 0.309 e. The number of carbonyl (C=O) groups excluding carboxylic acids is 1.